The topological polar surface area (TPSA) is 232 Å². The van der Waals surface area contributed by atoms with Crippen LogP contribution in [-0.2, 0) is 18.9 Å². The Kier molecular flexibility index (Phi) is 17.0. The maximum Gasteiger partial charge on any atom is 0.437 e. The fourth-order valence-electron chi connectivity index (χ4n) is 7.15. The van der Waals surface area contributed by atoms with Gasteiger partial charge in [-0.05, 0) is 142 Å². The number of nitrogens with zero attached hydrogens (tertiary/aromatic N) is 7. The van der Waals surface area contributed by atoms with E-state index in [-0.39, 0.29) is 60.9 Å². The quantitative estimate of drug-likeness (QED) is 0.0993. The van der Waals surface area contributed by atoms with Crippen molar-refractivity contribution in [2.45, 2.75) is 124 Å². The SMILES string of the molecule is CC(C)(C)OC(=O)N=C(NC(=O)OC(C)(C)C)N1CC=C(c2ccc(-c3nnc(-c4ccc(C5=CCN(C(=NC(=O)OC(C)(C)C)NC(=O)OC(C)(C)C)CC5)cc4F)n3C(CO)CO)c(F)c2)CC1. The molecule has 0 bridgehead atoms. The number of carbonyl (C=O) groups is 4. The van der Waals surface area contributed by atoms with Gasteiger partial charge in [-0.25, -0.2) is 28.0 Å². The maximum atomic E-state index is 16.3. The highest BCUT2D eigenvalue weighted by Gasteiger charge is 2.30. The zero-order chi connectivity index (χ0) is 51.9. The zero-order valence-electron chi connectivity index (χ0n) is 41.9. The van der Waals surface area contributed by atoms with Crippen LogP contribution in [-0.4, -0.2) is 133 Å². The molecule has 4 amide bonds. The average molecular weight is 978 g/mol. The molecule has 2 aromatic carbocycles. The molecule has 70 heavy (non-hydrogen) atoms. The molecule has 0 saturated heterocycles. The Labute approximate surface area is 406 Å². The van der Waals surface area contributed by atoms with Gasteiger partial charge in [0.2, 0.25) is 11.9 Å². The molecule has 2 aliphatic heterocycles. The summed E-state index contributed by atoms with van der Waals surface area (Å²) in [5.41, 5.74) is -0.764. The van der Waals surface area contributed by atoms with Crippen molar-refractivity contribution in [3.8, 4) is 22.8 Å². The molecule has 1 aromatic heterocycles. The minimum absolute atomic E-state index is 0.0227. The first-order valence-electron chi connectivity index (χ1n) is 22.8. The Morgan fingerprint density at radius 2 is 0.971 bits per heavy atom. The van der Waals surface area contributed by atoms with Gasteiger partial charge < -0.3 is 39.0 Å². The van der Waals surface area contributed by atoms with Crippen LogP contribution in [0.2, 0.25) is 0 Å². The Hall–Kier alpha value is -6.74. The molecule has 0 radical (unpaired) electrons. The number of nitrogens with one attached hydrogen (secondary N) is 2. The van der Waals surface area contributed by atoms with E-state index in [1.165, 1.54) is 28.8 Å². The van der Waals surface area contributed by atoms with Gasteiger partial charge in [-0.2, -0.15) is 0 Å². The van der Waals surface area contributed by atoms with Gasteiger partial charge in [0, 0.05) is 26.2 Å². The fraction of sp³-hybridized carbons (Fsp3) is 0.510. The lowest BCUT2D eigenvalue weighted by atomic mass is 9.97. The van der Waals surface area contributed by atoms with Crippen molar-refractivity contribution >= 4 is 47.4 Å². The molecular weight excluding hydrogens is 913 g/mol. The summed E-state index contributed by atoms with van der Waals surface area (Å²) in [5, 5.41) is 34.2. The predicted molar refractivity (Wildman–Crippen MR) is 258 cm³/mol. The number of hydrogen-bond acceptors (Lipinski definition) is 12. The summed E-state index contributed by atoms with van der Waals surface area (Å²) in [7, 11) is 0. The predicted octanol–water partition coefficient (Wildman–Crippen LogP) is 8.23. The number of amides is 4. The molecule has 0 aliphatic carbocycles. The number of aromatic nitrogens is 3. The van der Waals surface area contributed by atoms with E-state index in [4.69, 9.17) is 18.9 Å². The van der Waals surface area contributed by atoms with E-state index < -0.39 is 77.7 Å². The molecule has 0 saturated carbocycles. The average Bonchev–Trinajstić information content (AvgIpc) is 3.65. The van der Waals surface area contributed by atoms with Crippen LogP contribution in [0.15, 0.2) is 58.5 Å². The number of halogens is 2. The molecular formula is C49H65F2N9O10. The van der Waals surface area contributed by atoms with Gasteiger partial charge in [0.25, 0.3) is 0 Å². The summed E-state index contributed by atoms with van der Waals surface area (Å²) >= 11 is 0. The normalized spacial score (nSPS) is 15.3. The highest BCUT2D eigenvalue weighted by atomic mass is 19.1. The lowest BCUT2D eigenvalue weighted by Gasteiger charge is -2.30. The third-order valence-corrected chi connectivity index (χ3v) is 10.1. The van der Waals surface area contributed by atoms with Crippen LogP contribution < -0.4 is 10.6 Å². The largest absolute Gasteiger partial charge is 0.444 e. The van der Waals surface area contributed by atoms with Crippen LogP contribution in [0.25, 0.3) is 33.9 Å². The van der Waals surface area contributed by atoms with Gasteiger partial charge in [0.1, 0.15) is 34.0 Å². The lowest BCUT2D eigenvalue weighted by molar-refractivity contribution is 0.0536. The maximum absolute atomic E-state index is 16.3. The number of aliphatic hydroxyl groups is 2. The Balaban J connectivity index is 1.38. The van der Waals surface area contributed by atoms with E-state index in [9.17, 15) is 29.4 Å². The number of carbonyl (C=O) groups excluding carboxylic acids is 4. The fourth-order valence-corrected chi connectivity index (χ4v) is 7.15. The van der Waals surface area contributed by atoms with E-state index in [0.29, 0.717) is 24.0 Å². The van der Waals surface area contributed by atoms with Crippen molar-refractivity contribution in [1.29, 1.82) is 0 Å². The van der Waals surface area contributed by atoms with Crippen LogP contribution in [0.3, 0.4) is 0 Å². The van der Waals surface area contributed by atoms with Gasteiger partial charge in [0.05, 0.1) is 30.4 Å². The third kappa shape index (κ3) is 15.4. The first-order valence-corrected chi connectivity index (χ1v) is 22.8. The molecule has 380 valence electrons. The van der Waals surface area contributed by atoms with Crippen molar-refractivity contribution in [2.75, 3.05) is 39.4 Å². The number of aliphatic hydroxyl groups excluding tert-OH is 2. The molecule has 21 heteroatoms. The first-order chi connectivity index (χ1) is 32.5. The van der Waals surface area contributed by atoms with Gasteiger partial charge >= 0.3 is 24.4 Å². The Morgan fingerprint density at radius 3 is 1.26 bits per heavy atom. The molecule has 5 rings (SSSR count). The lowest BCUT2D eigenvalue weighted by Crippen LogP contribution is -2.48. The van der Waals surface area contributed by atoms with Crippen LogP contribution in [0.5, 0.6) is 0 Å². The highest BCUT2D eigenvalue weighted by molar-refractivity contribution is 6.00. The highest BCUT2D eigenvalue weighted by Crippen LogP contribution is 2.35. The van der Waals surface area contributed by atoms with Crippen molar-refractivity contribution in [3.05, 3.63) is 71.3 Å². The number of ether oxygens (including phenoxy) is 4. The van der Waals surface area contributed by atoms with E-state index in [1.54, 1.807) is 105 Å². The molecule has 2 aliphatic rings. The van der Waals surface area contributed by atoms with Crippen LogP contribution in [0, 0.1) is 11.6 Å². The number of benzene rings is 2. The minimum Gasteiger partial charge on any atom is -0.444 e. The molecule has 0 fully saturated rings. The summed E-state index contributed by atoms with van der Waals surface area (Å²) in [6.07, 6.45) is 0.887. The summed E-state index contributed by atoms with van der Waals surface area (Å²) in [4.78, 5) is 62.1. The van der Waals surface area contributed by atoms with Gasteiger partial charge in [-0.1, -0.05) is 24.3 Å². The molecule has 0 spiro atoms. The second-order valence-electron chi connectivity index (χ2n) is 20.6. The van der Waals surface area contributed by atoms with Crippen molar-refractivity contribution in [2.24, 2.45) is 9.98 Å². The first kappa shape index (κ1) is 54.2. The summed E-state index contributed by atoms with van der Waals surface area (Å²) in [6, 6.07) is 7.87. The summed E-state index contributed by atoms with van der Waals surface area (Å²) < 4.78 is 55.3. The number of aliphatic imine (C=N–C) groups is 2. The third-order valence-electron chi connectivity index (χ3n) is 10.1. The van der Waals surface area contributed by atoms with Crippen LogP contribution >= 0.6 is 0 Å². The summed E-state index contributed by atoms with van der Waals surface area (Å²) in [5.74, 6) is -1.68. The number of rotatable bonds is 7. The van der Waals surface area contributed by atoms with E-state index in [1.807, 2.05) is 12.2 Å². The minimum atomic E-state index is -1.08. The van der Waals surface area contributed by atoms with Gasteiger partial charge in [-0.15, -0.1) is 20.2 Å². The van der Waals surface area contributed by atoms with E-state index >= 15 is 8.78 Å². The Morgan fingerprint density at radius 1 is 0.614 bits per heavy atom. The smallest absolute Gasteiger partial charge is 0.437 e. The second kappa shape index (κ2) is 21.9. The van der Waals surface area contributed by atoms with Crippen molar-refractivity contribution in [1.82, 2.24) is 35.2 Å². The molecule has 3 aromatic rings. The molecule has 4 N–H and O–H groups in total. The second-order valence-corrected chi connectivity index (χ2v) is 20.6. The van der Waals surface area contributed by atoms with Crippen molar-refractivity contribution in [3.63, 3.8) is 0 Å². The van der Waals surface area contributed by atoms with Gasteiger partial charge in [-0.3, -0.25) is 15.2 Å². The molecule has 3 heterocycles. The van der Waals surface area contributed by atoms with Crippen LogP contribution in [0.1, 0.15) is 113 Å². The molecule has 0 atom stereocenters. The number of alkyl carbamates (subject to hydrolysis) is 2. The monoisotopic (exact) mass is 977 g/mol. The van der Waals surface area contributed by atoms with Gasteiger partial charge in [0.15, 0.2) is 11.6 Å². The van der Waals surface area contributed by atoms with Crippen LogP contribution in [0.4, 0.5) is 28.0 Å². The van der Waals surface area contributed by atoms with Crippen molar-refractivity contribution < 1.29 is 57.1 Å². The number of hydrogen-bond donors (Lipinski definition) is 4. The standard InChI is InChI=1S/C49H65F2N9O10/c1-46(2,3)67-42(63)52-40(53-43(64)68-47(4,5)6)58-21-17-29(18-22-58)31-13-15-34(36(50)25-31)38-56-57-39(60(38)33(27-61)28-62)35-16-14-32(26-37(35)51)30-19-23-59(24-20-30)41(54-44(65)69-48(7,8)9)55-45(66)70-49(10,11)12/h13-17,19,25-26,33,61-62H,18,20-24,27-28H2,1-12H3,(H,52,53,63,64)(H,54,55,65,66). The molecule has 0 unspecified atom stereocenters. The number of guanidine groups is 2. The Bertz CT molecular complexity index is 2390. The summed E-state index contributed by atoms with van der Waals surface area (Å²) in [6.45, 7) is 20.0. The van der Waals surface area contributed by atoms with E-state index in [2.05, 4.69) is 30.8 Å². The van der Waals surface area contributed by atoms with E-state index in [0.717, 1.165) is 11.1 Å². The molecule has 19 nitrogen and oxygen atoms in total. The zero-order valence-corrected chi connectivity index (χ0v) is 41.9.